The smallest absolute Gasteiger partial charge is 0.133 e. The lowest BCUT2D eigenvalue weighted by molar-refractivity contribution is -0.147. The Hall–Kier alpha value is -0.810. The molecule has 0 spiro atoms. The van der Waals surface area contributed by atoms with Crippen LogP contribution in [0.25, 0.3) is 0 Å². The molecule has 4 saturated carbocycles. The molecule has 1 N–H and O–H groups in total. The molecule has 0 aromatic heterocycles. The number of hydrogen-bond donors (Lipinski definition) is 1. The van der Waals surface area contributed by atoms with Crippen LogP contribution in [0.2, 0.25) is 0 Å². The van der Waals surface area contributed by atoms with Crippen molar-refractivity contribution in [3.05, 3.63) is 0 Å². The minimum atomic E-state index is -0.900. The summed E-state index contributed by atoms with van der Waals surface area (Å²) in [6.45, 7) is 4.71. The van der Waals surface area contributed by atoms with Gasteiger partial charge in [-0.25, -0.2) is 0 Å². The Morgan fingerprint density at radius 1 is 1.09 bits per heavy atom. The molecule has 23 heavy (non-hydrogen) atoms. The van der Waals surface area contributed by atoms with Crippen molar-refractivity contribution >= 4 is 5.78 Å². The summed E-state index contributed by atoms with van der Waals surface area (Å²) in [6, 6.07) is 0. The lowest BCUT2D eigenvalue weighted by Crippen LogP contribution is -2.56. The second-order valence-electron chi connectivity index (χ2n) is 9.40. The number of hydrogen-bond acceptors (Lipinski definition) is 2. The van der Waals surface area contributed by atoms with Crippen LogP contribution in [-0.2, 0) is 4.79 Å². The van der Waals surface area contributed by atoms with Crippen molar-refractivity contribution in [2.75, 3.05) is 0 Å². The maximum atomic E-state index is 11.9. The molecular weight excluding hydrogens is 284 g/mol. The number of carbonyl (C=O) groups excluding carboxylic acids is 1. The van der Waals surface area contributed by atoms with Gasteiger partial charge in [-0.2, -0.15) is 0 Å². The second kappa shape index (κ2) is 4.85. The average molecular weight is 314 g/mol. The van der Waals surface area contributed by atoms with E-state index >= 15 is 0 Å². The SMILES string of the molecule is C#C[C@@]1(O)CC[C@H]2[C@@H]3CC[C@H]4CC(=O)CC[C@]4(C)[C@H]3CC[C@@]21C. The van der Waals surface area contributed by atoms with Gasteiger partial charge in [0.15, 0.2) is 0 Å². The third kappa shape index (κ3) is 1.89. The Labute approximate surface area is 140 Å². The van der Waals surface area contributed by atoms with E-state index in [0.717, 1.165) is 44.4 Å². The van der Waals surface area contributed by atoms with Gasteiger partial charge in [0.25, 0.3) is 0 Å². The highest BCUT2D eigenvalue weighted by atomic mass is 16.3. The lowest BCUT2D eigenvalue weighted by atomic mass is 9.44. The van der Waals surface area contributed by atoms with E-state index in [2.05, 4.69) is 19.8 Å². The molecule has 0 aromatic rings. The molecule has 2 heteroatoms. The van der Waals surface area contributed by atoms with Gasteiger partial charge in [-0.15, -0.1) is 6.42 Å². The van der Waals surface area contributed by atoms with Crippen LogP contribution in [0.15, 0.2) is 0 Å². The molecule has 0 saturated heterocycles. The first-order valence-corrected chi connectivity index (χ1v) is 9.56. The molecule has 126 valence electrons. The van der Waals surface area contributed by atoms with Gasteiger partial charge >= 0.3 is 0 Å². The number of rotatable bonds is 0. The summed E-state index contributed by atoms with van der Waals surface area (Å²) in [6.07, 6.45) is 14.9. The van der Waals surface area contributed by atoms with Crippen molar-refractivity contribution in [2.45, 2.75) is 77.2 Å². The number of Topliss-reactive ketones (excluding diaryl/α,β-unsaturated/α-hetero) is 1. The van der Waals surface area contributed by atoms with E-state index in [-0.39, 0.29) is 5.41 Å². The lowest BCUT2D eigenvalue weighted by Gasteiger charge is -2.60. The molecule has 2 nitrogen and oxygen atoms in total. The molecule has 7 atom stereocenters. The Morgan fingerprint density at radius 2 is 1.83 bits per heavy atom. The van der Waals surface area contributed by atoms with Crippen molar-refractivity contribution in [3.63, 3.8) is 0 Å². The van der Waals surface area contributed by atoms with Crippen LogP contribution in [-0.4, -0.2) is 16.5 Å². The van der Waals surface area contributed by atoms with Gasteiger partial charge in [0.1, 0.15) is 11.4 Å². The summed E-state index contributed by atoms with van der Waals surface area (Å²) in [5, 5.41) is 11.0. The molecular formula is C21H30O2. The van der Waals surface area contributed by atoms with Crippen LogP contribution in [0.4, 0.5) is 0 Å². The number of fused-ring (bicyclic) bond motifs is 5. The first kappa shape index (κ1) is 15.7. The van der Waals surface area contributed by atoms with Crippen LogP contribution in [0, 0.1) is 46.8 Å². The van der Waals surface area contributed by atoms with E-state index in [1.807, 2.05) is 0 Å². The minimum Gasteiger partial charge on any atom is -0.377 e. The van der Waals surface area contributed by atoms with Crippen molar-refractivity contribution < 1.29 is 9.90 Å². The summed E-state index contributed by atoms with van der Waals surface area (Å²) in [7, 11) is 0. The molecule has 0 aromatic carbocycles. The fourth-order valence-electron chi connectivity index (χ4n) is 7.30. The average Bonchev–Trinajstić information content (AvgIpc) is 2.80. The van der Waals surface area contributed by atoms with Gasteiger partial charge in [-0.05, 0) is 74.0 Å². The van der Waals surface area contributed by atoms with E-state index in [0.29, 0.717) is 29.0 Å². The van der Waals surface area contributed by atoms with Crippen molar-refractivity contribution in [1.82, 2.24) is 0 Å². The van der Waals surface area contributed by atoms with E-state index in [4.69, 9.17) is 6.42 Å². The van der Waals surface area contributed by atoms with E-state index < -0.39 is 5.60 Å². The fourth-order valence-corrected chi connectivity index (χ4v) is 7.30. The number of carbonyl (C=O) groups is 1. The zero-order chi connectivity index (χ0) is 16.5. The van der Waals surface area contributed by atoms with E-state index in [9.17, 15) is 9.90 Å². The summed E-state index contributed by atoms with van der Waals surface area (Å²) >= 11 is 0. The van der Waals surface area contributed by atoms with Crippen LogP contribution in [0.1, 0.15) is 71.6 Å². The van der Waals surface area contributed by atoms with Crippen molar-refractivity contribution in [1.29, 1.82) is 0 Å². The van der Waals surface area contributed by atoms with Gasteiger partial charge in [-0.3, -0.25) is 4.79 Å². The normalized spacial score (nSPS) is 55.5. The highest BCUT2D eigenvalue weighted by molar-refractivity contribution is 5.79. The van der Waals surface area contributed by atoms with Crippen LogP contribution in [0.5, 0.6) is 0 Å². The van der Waals surface area contributed by atoms with Gasteiger partial charge < -0.3 is 5.11 Å². The van der Waals surface area contributed by atoms with Gasteiger partial charge in [0.2, 0.25) is 0 Å². The summed E-state index contributed by atoms with van der Waals surface area (Å²) in [4.78, 5) is 11.9. The number of aliphatic hydroxyl groups is 1. The number of terminal acetylenes is 1. The predicted octanol–water partition coefficient (Wildman–Crippen LogP) is 3.96. The first-order chi connectivity index (χ1) is 10.8. The molecule has 4 aliphatic carbocycles. The van der Waals surface area contributed by atoms with Crippen molar-refractivity contribution in [3.8, 4) is 12.3 Å². The monoisotopic (exact) mass is 314 g/mol. The molecule has 0 heterocycles. The molecule has 4 rings (SSSR count). The molecule has 4 aliphatic rings. The highest BCUT2D eigenvalue weighted by Gasteiger charge is 2.64. The van der Waals surface area contributed by atoms with E-state index in [1.54, 1.807) is 0 Å². The molecule has 0 aliphatic heterocycles. The third-order valence-electron chi connectivity index (χ3n) is 8.87. The summed E-state index contributed by atoms with van der Waals surface area (Å²) in [5.74, 6) is 5.83. The first-order valence-electron chi connectivity index (χ1n) is 9.56. The van der Waals surface area contributed by atoms with Crippen LogP contribution in [0.3, 0.4) is 0 Å². The zero-order valence-electron chi connectivity index (χ0n) is 14.6. The molecule has 0 amide bonds. The highest BCUT2D eigenvalue weighted by Crippen LogP contribution is 2.67. The maximum absolute atomic E-state index is 11.9. The quantitative estimate of drug-likeness (QED) is 0.687. The Bertz CT molecular complexity index is 575. The van der Waals surface area contributed by atoms with Gasteiger partial charge in [-0.1, -0.05) is 19.8 Å². The summed E-state index contributed by atoms with van der Waals surface area (Å²) < 4.78 is 0. The Balaban J connectivity index is 1.66. The standard InChI is InChI=1S/C21H30O2/c1-4-21(23)12-9-18-16-6-5-14-13-15(22)7-10-19(14,2)17(16)8-11-20(18,21)3/h1,14,16-18,23H,5-13H2,2-3H3/t14-,16+,17-,18-,19-,20-,21+/m0/s1. The number of ketones is 1. The predicted molar refractivity (Wildman–Crippen MR) is 90.5 cm³/mol. The third-order valence-corrected chi connectivity index (χ3v) is 8.87. The molecule has 0 bridgehead atoms. The second-order valence-corrected chi connectivity index (χ2v) is 9.40. The molecule has 0 radical (unpaired) electrons. The molecule has 0 unspecified atom stereocenters. The van der Waals surface area contributed by atoms with Crippen LogP contribution < -0.4 is 0 Å². The summed E-state index contributed by atoms with van der Waals surface area (Å²) in [5.41, 5.74) is -0.658. The van der Waals surface area contributed by atoms with E-state index in [1.165, 1.54) is 19.3 Å². The minimum absolute atomic E-state index is 0.101. The zero-order valence-corrected chi connectivity index (χ0v) is 14.6. The van der Waals surface area contributed by atoms with Crippen molar-refractivity contribution in [2.24, 2.45) is 34.5 Å². The molecule has 4 fully saturated rings. The topological polar surface area (TPSA) is 37.3 Å². The largest absolute Gasteiger partial charge is 0.377 e. The van der Waals surface area contributed by atoms with Gasteiger partial charge in [0, 0.05) is 18.3 Å². The Morgan fingerprint density at radius 3 is 2.57 bits per heavy atom. The van der Waals surface area contributed by atoms with Crippen LogP contribution >= 0.6 is 0 Å². The maximum Gasteiger partial charge on any atom is 0.133 e. The fraction of sp³-hybridized carbons (Fsp3) is 0.857. The van der Waals surface area contributed by atoms with Gasteiger partial charge in [0.05, 0.1) is 0 Å². The Kier molecular flexibility index (Phi) is 3.31.